The van der Waals surface area contributed by atoms with E-state index in [1.165, 1.54) is 12.0 Å². The SMILES string of the molecule is CC1(C)[C@H]2CC=C(C=NNC(=O)C[C@@H]3CCS(=O)(=O)C3)[C@H]1C2. The third kappa shape index (κ3) is 2.98. The van der Waals surface area contributed by atoms with E-state index in [4.69, 9.17) is 0 Å². The molecular formula is C16H24N2O3S. The Kier molecular flexibility index (Phi) is 3.91. The molecule has 3 atom stereocenters. The van der Waals surface area contributed by atoms with Gasteiger partial charge < -0.3 is 0 Å². The Bertz CT molecular complexity index is 634. The average molecular weight is 324 g/mol. The van der Waals surface area contributed by atoms with Crippen LogP contribution in [0.2, 0.25) is 0 Å². The van der Waals surface area contributed by atoms with Gasteiger partial charge in [0, 0.05) is 6.42 Å². The van der Waals surface area contributed by atoms with Crippen molar-refractivity contribution < 1.29 is 13.2 Å². The van der Waals surface area contributed by atoms with Gasteiger partial charge in [0.05, 0.1) is 17.7 Å². The summed E-state index contributed by atoms with van der Waals surface area (Å²) in [7, 11) is -2.92. The highest BCUT2D eigenvalue weighted by Gasteiger charge is 2.50. The van der Waals surface area contributed by atoms with Crippen LogP contribution in [0.5, 0.6) is 0 Å². The number of carbonyl (C=O) groups excluding carboxylic acids is 1. The fraction of sp³-hybridized carbons (Fsp3) is 0.750. The number of allylic oxidation sites excluding steroid dienone is 2. The molecule has 0 spiro atoms. The van der Waals surface area contributed by atoms with E-state index in [2.05, 4.69) is 30.5 Å². The van der Waals surface area contributed by atoms with Crippen molar-refractivity contribution in [3.63, 3.8) is 0 Å². The number of fused-ring (bicyclic) bond motifs is 1. The molecule has 1 heterocycles. The van der Waals surface area contributed by atoms with Crippen molar-refractivity contribution in [2.45, 2.75) is 39.5 Å². The van der Waals surface area contributed by atoms with Crippen LogP contribution < -0.4 is 5.43 Å². The highest BCUT2D eigenvalue weighted by atomic mass is 32.2. The highest BCUT2D eigenvalue weighted by Crippen LogP contribution is 2.58. The smallest absolute Gasteiger partial charge is 0.240 e. The second kappa shape index (κ2) is 5.48. The lowest BCUT2D eigenvalue weighted by Crippen LogP contribution is -2.48. The molecule has 1 N–H and O–H groups in total. The minimum absolute atomic E-state index is 0.0552. The number of nitrogens with zero attached hydrogens (tertiary/aromatic N) is 1. The summed E-state index contributed by atoms with van der Waals surface area (Å²) >= 11 is 0. The zero-order valence-electron chi connectivity index (χ0n) is 13.2. The van der Waals surface area contributed by atoms with Crippen molar-refractivity contribution in [3.8, 4) is 0 Å². The van der Waals surface area contributed by atoms with Gasteiger partial charge in [0.1, 0.15) is 0 Å². The van der Waals surface area contributed by atoms with Gasteiger partial charge in [-0.1, -0.05) is 19.9 Å². The van der Waals surface area contributed by atoms with E-state index in [1.54, 1.807) is 6.21 Å². The van der Waals surface area contributed by atoms with E-state index in [0.29, 0.717) is 17.8 Å². The van der Waals surface area contributed by atoms with Gasteiger partial charge in [-0.25, -0.2) is 13.8 Å². The Morgan fingerprint density at radius 3 is 2.86 bits per heavy atom. The number of nitrogens with one attached hydrogen (secondary N) is 1. The number of amides is 1. The molecule has 2 fully saturated rings. The maximum Gasteiger partial charge on any atom is 0.240 e. The van der Waals surface area contributed by atoms with Crippen LogP contribution in [0.15, 0.2) is 16.8 Å². The number of hydrogen-bond donors (Lipinski definition) is 1. The molecule has 6 heteroatoms. The molecule has 0 aromatic carbocycles. The van der Waals surface area contributed by atoms with Crippen LogP contribution in [0.3, 0.4) is 0 Å². The summed E-state index contributed by atoms with van der Waals surface area (Å²) in [6, 6.07) is 0. The molecule has 1 saturated carbocycles. The lowest BCUT2D eigenvalue weighted by atomic mass is 9.49. The quantitative estimate of drug-likeness (QED) is 0.634. The lowest BCUT2D eigenvalue weighted by Gasteiger charge is -2.55. The van der Waals surface area contributed by atoms with Gasteiger partial charge in [0.2, 0.25) is 5.91 Å². The fourth-order valence-corrected chi connectivity index (χ4v) is 5.93. The molecule has 4 aliphatic rings. The van der Waals surface area contributed by atoms with E-state index >= 15 is 0 Å². The molecule has 0 radical (unpaired) electrons. The number of carbonyl (C=O) groups is 1. The van der Waals surface area contributed by atoms with Gasteiger partial charge in [0.15, 0.2) is 9.84 Å². The molecule has 0 aromatic heterocycles. The third-order valence-electron chi connectivity index (χ3n) is 5.71. The van der Waals surface area contributed by atoms with Crippen molar-refractivity contribution in [2.24, 2.45) is 28.3 Å². The van der Waals surface area contributed by atoms with E-state index < -0.39 is 9.84 Å². The zero-order valence-corrected chi connectivity index (χ0v) is 14.0. The highest BCUT2D eigenvalue weighted by molar-refractivity contribution is 7.91. The maximum atomic E-state index is 11.8. The molecule has 0 aromatic rings. The average Bonchev–Trinajstić information content (AvgIpc) is 2.77. The Morgan fingerprint density at radius 2 is 2.27 bits per heavy atom. The van der Waals surface area contributed by atoms with Crippen LogP contribution in [0.1, 0.15) is 39.5 Å². The van der Waals surface area contributed by atoms with Crippen molar-refractivity contribution in [3.05, 3.63) is 11.6 Å². The zero-order chi connectivity index (χ0) is 16.0. The topological polar surface area (TPSA) is 75.6 Å². The van der Waals surface area contributed by atoms with Crippen molar-refractivity contribution in [1.29, 1.82) is 0 Å². The minimum Gasteiger partial charge on any atom is -0.273 e. The van der Waals surface area contributed by atoms with E-state index in [1.807, 2.05) is 0 Å². The maximum absolute atomic E-state index is 11.8. The Hall–Kier alpha value is -1.17. The van der Waals surface area contributed by atoms with Gasteiger partial charge in [-0.05, 0) is 48.0 Å². The first-order valence-electron chi connectivity index (χ1n) is 8.00. The Balaban J connectivity index is 1.48. The number of hydrazone groups is 1. The first-order chi connectivity index (χ1) is 10.3. The number of hydrogen-bond acceptors (Lipinski definition) is 4. The normalized spacial score (nSPS) is 35.0. The fourth-order valence-electron chi connectivity index (χ4n) is 4.06. The number of rotatable bonds is 4. The van der Waals surface area contributed by atoms with Gasteiger partial charge in [0.25, 0.3) is 0 Å². The van der Waals surface area contributed by atoms with Crippen molar-refractivity contribution >= 4 is 22.0 Å². The molecule has 4 rings (SSSR count). The molecule has 1 amide bonds. The summed E-state index contributed by atoms with van der Waals surface area (Å²) in [5.74, 6) is 1.42. The summed E-state index contributed by atoms with van der Waals surface area (Å²) < 4.78 is 22.8. The van der Waals surface area contributed by atoms with Crippen LogP contribution >= 0.6 is 0 Å². The summed E-state index contributed by atoms with van der Waals surface area (Å²) in [6.45, 7) is 4.59. The summed E-state index contributed by atoms with van der Waals surface area (Å²) in [5, 5.41) is 4.07. The molecule has 122 valence electrons. The molecule has 22 heavy (non-hydrogen) atoms. The molecule has 0 unspecified atom stereocenters. The molecular weight excluding hydrogens is 300 g/mol. The van der Waals surface area contributed by atoms with E-state index in [-0.39, 0.29) is 29.8 Å². The largest absolute Gasteiger partial charge is 0.273 e. The summed E-state index contributed by atoms with van der Waals surface area (Å²) in [5.41, 5.74) is 4.11. The van der Waals surface area contributed by atoms with Crippen LogP contribution in [0.25, 0.3) is 0 Å². The van der Waals surface area contributed by atoms with Crippen LogP contribution in [-0.4, -0.2) is 32.0 Å². The van der Waals surface area contributed by atoms with Crippen LogP contribution in [0, 0.1) is 23.2 Å². The first-order valence-corrected chi connectivity index (χ1v) is 9.82. The third-order valence-corrected chi connectivity index (χ3v) is 7.55. The monoisotopic (exact) mass is 324 g/mol. The van der Waals surface area contributed by atoms with Crippen molar-refractivity contribution in [2.75, 3.05) is 11.5 Å². The first kappa shape index (κ1) is 15.7. The predicted octanol–water partition coefficient (Wildman–Crippen LogP) is 1.91. The van der Waals surface area contributed by atoms with Crippen LogP contribution in [-0.2, 0) is 14.6 Å². The van der Waals surface area contributed by atoms with Gasteiger partial charge in [-0.2, -0.15) is 5.10 Å². The second-order valence-corrected chi connectivity index (χ2v) is 9.74. The molecule has 1 saturated heterocycles. The predicted molar refractivity (Wildman–Crippen MR) is 86.1 cm³/mol. The molecule has 5 nitrogen and oxygen atoms in total. The molecule has 1 aliphatic heterocycles. The van der Waals surface area contributed by atoms with Gasteiger partial charge >= 0.3 is 0 Å². The molecule has 2 bridgehead atoms. The Morgan fingerprint density at radius 1 is 1.50 bits per heavy atom. The van der Waals surface area contributed by atoms with Crippen LogP contribution in [0.4, 0.5) is 0 Å². The van der Waals surface area contributed by atoms with Crippen molar-refractivity contribution in [1.82, 2.24) is 5.43 Å². The van der Waals surface area contributed by atoms with E-state index in [9.17, 15) is 13.2 Å². The summed E-state index contributed by atoms with van der Waals surface area (Å²) in [6.07, 6.45) is 7.14. The standard InChI is InChI=1S/C16H24N2O3S/c1-16(2)13-4-3-12(14(16)8-13)9-17-18-15(19)7-11-5-6-22(20,21)10-11/h3,9,11,13-14H,4-8,10H2,1-2H3,(H,18,19)/t11-,13-,14+/m0/s1. The minimum atomic E-state index is -2.92. The van der Waals surface area contributed by atoms with Gasteiger partial charge in [-0.15, -0.1) is 0 Å². The molecule has 3 aliphatic carbocycles. The summed E-state index contributed by atoms with van der Waals surface area (Å²) in [4.78, 5) is 11.8. The van der Waals surface area contributed by atoms with Gasteiger partial charge in [-0.3, -0.25) is 4.79 Å². The second-order valence-electron chi connectivity index (χ2n) is 7.51. The number of sulfone groups is 1. The van der Waals surface area contributed by atoms with E-state index in [0.717, 1.165) is 12.3 Å². The lowest BCUT2D eigenvalue weighted by molar-refractivity contribution is -0.121. The Labute approximate surface area is 132 Å².